The van der Waals surface area contributed by atoms with Gasteiger partial charge in [0.25, 0.3) is 5.56 Å². The number of methoxy groups -OCH3 is 1. The molecule has 7 nitrogen and oxygen atoms in total. The molecule has 1 amide bonds. The summed E-state index contributed by atoms with van der Waals surface area (Å²) in [4.78, 5) is 37.9. The number of nitrogens with one attached hydrogen (secondary N) is 2. The van der Waals surface area contributed by atoms with Gasteiger partial charge in [0.2, 0.25) is 5.91 Å². The molecule has 102 valence electrons. The first-order chi connectivity index (χ1) is 9.13. The molecule has 0 saturated carbocycles. The van der Waals surface area contributed by atoms with Crippen LogP contribution in [0.4, 0.5) is 0 Å². The standard InChI is InChI=1S/C11H13N3O4S/c1-18-4-3-12-8(15)6-14-10(16)9-7(2-5-19-9)13-11(14)17/h2,5H,3-4,6H2,1H3,(H,12,15)(H,13,17). The molecular weight excluding hydrogens is 270 g/mol. The molecule has 2 heterocycles. The van der Waals surface area contributed by atoms with Gasteiger partial charge >= 0.3 is 5.69 Å². The van der Waals surface area contributed by atoms with E-state index in [2.05, 4.69) is 10.3 Å². The van der Waals surface area contributed by atoms with Gasteiger partial charge in [-0.3, -0.25) is 9.59 Å². The van der Waals surface area contributed by atoms with E-state index in [1.165, 1.54) is 18.4 Å². The Morgan fingerprint density at radius 3 is 3.05 bits per heavy atom. The van der Waals surface area contributed by atoms with E-state index < -0.39 is 17.2 Å². The predicted octanol–water partition coefficient (Wildman–Crippen LogP) is -0.486. The van der Waals surface area contributed by atoms with E-state index in [0.29, 0.717) is 23.4 Å². The van der Waals surface area contributed by atoms with Gasteiger partial charge in [-0.1, -0.05) is 0 Å². The second-order valence-corrected chi connectivity index (χ2v) is 4.74. The zero-order valence-corrected chi connectivity index (χ0v) is 11.1. The van der Waals surface area contributed by atoms with Crippen molar-refractivity contribution in [2.45, 2.75) is 6.54 Å². The fraction of sp³-hybridized carbons (Fsp3) is 0.364. The number of aromatic amines is 1. The first kappa shape index (κ1) is 13.5. The summed E-state index contributed by atoms with van der Waals surface area (Å²) in [7, 11) is 1.52. The zero-order chi connectivity index (χ0) is 13.8. The number of fused-ring (bicyclic) bond motifs is 1. The molecule has 0 aliphatic carbocycles. The number of nitrogens with zero attached hydrogens (tertiary/aromatic N) is 1. The first-order valence-electron chi connectivity index (χ1n) is 5.59. The number of hydrogen-bond donors (Lipinski definition) is 2. The summed E-state index contributed by atoms with van der Waals surface area (Å²) in [6, 6.07) is 1.66. The molecule has 0 aliphatic heterocycles. The molecule has 8 heteroatoms. The van der Waals surface area contributed by atoms with Gasteiger partial charge in [0.15, 0.2) is 0 Å². The Kier molecular flexibility index (Phi) is 4.13. The molecule has 2 aromatic heterocycles. The van der Waals surface area contributed by atoms with Gasteiger partial charge in [-0.15, -0.1) is 11.3 Å². The number of amides is 1. The van der Waals surface area contributed by atoms with Crippen LogP contribution in [-0.2, 0) is 16.1 Å². The van der Waals surface area contributed by atoms with Crippen LogP contribution in [0.25, 0.3) is 10.2 Å². The van der Waals surface area contributed by atoms with Crippen LogP contribution < -0.4 is 16.6 Å². The number of hydrogen-bond acceptors (Lipinski definition) is 5. The Balaban J connectivity index is 2.23. The third-order valence-electron chi connectivity index (χ3n) is 2.52. The van der Waals surface area contributed by atoms with Crippen LogP contribution >= 0.6 is 11.3 Å². The van der Waals surface area contributed by atoms with Crippen molar-refractivity contribution >= 4 is 27.5 Å². The average Bonchev–Trinajstić information content (AvgIpc) is 2.83. The monoisotopic (exact) mass is 283 g/mol. The van der Waals surface area contributed by atoms with Gasteiger partial charge in [-0.05, 0) is 11.4 Å². The van der Waals surface area contributed by atoms with Crippen molar-refractivity contribution in [3.63, 3.8) is 0 Å². The molecule has 0 aromatic carbocycles. The largest absolute Gasteiger partial charge is 0.383 e. The number of ether oxygens (including phenoxy) is 1. The Hall–Kier alpha value is -1.93. The second kappa shape index (κ2) is 5.81. The second-order valence-electron chi connectivity index (χ2n) is 3.83. The summed E-state index contributed by atoms with van der Waals surface area (Å²) in [5, 5.41) is 4.27. The minimum Gasteiger partial charge on any atom is -0.383 e. The molecule has 19 heavy (non-hydrogen) atoms. The van der Waals surface area contributed by atoms with E-state index in [-0.39, 0.29) is 6.54 Å². The minimum atomic E-state index is -0.585. The molecule has 2 aromatic rings. The third kappa shape index (κ3) is 2.91. The molecule has 2 rings (SSSR count). The summed E-state index contributed by atoms with van der Waals surface area (Å²) < 4.78 is 6.11. The smallest absolute Gasteiger partial charge is 0.329 e. The van der Waals surface area contributed by atoms with Crippen molar-refractivity contribution < 1.29 is 9.53 Å². The highest BCUT2D eigenvalue weighted by molar-refractivity contribution is 7.17. The van der Waals surface area contributed by atoms with Gasteiger partial charge in [0.1, 0.15) is 11.2 Å². The van der Waals surface area contributed by atoms with Crippen LogP contribution in [0.5, 0.6) is 0 Å². The van der Waals surface area contributed by atoms with Crippen molar-refractivity contribution in [2.75, 3.05) is 20.3 Å². The Morgan fingerprint density at radius 1 is 1.53 bits per heavy atom. The number of H-pyrrole nitrogens is 1. The number of carbonyl (C=O) groups is 1. The van der Waals surface area contributed by atoms with Crippen LogP contribution in [0.15, 0.2) is 21.0 Å². The Bertz CT molecular complexity index is 700. The number of carbonyl (C=O) groups excluding carboxylic acids is 1. The molecule has 0 unspecified atom stereocenters. The van der Waals surface area contributed by atoms with Crippen molar-refractivity contribution in [1.82, 2.24) is 14.9 Å². The molecule has 0 spiro atoms. The Morgan fingerprint density at radius 2 is 2.32 bits per heavy atom. The fourth-order valence-electron chi connectivity index (χ4n) is 1.61. The van der Waals surface area contributed by atoms with Gasteiger partial charge in [0.05, 0.1) is 12.1 Å². The lowest BCUT2D eigenvalue weighted by atomic mass is 10.4. The van der Waals surface area contributed by atoms with E-state index in [9.17, 15) is 14.4 Å². The van der Waals surface area contributed by atoms with E-state index in [4.69, 9.17) is 4.74 Å². The maximum absolute atomic E-state index is 12.0. The minimum absolute atomic E-state index is 0.300. The van der Waals surface area contributed by atoms with E-state index in [1.807, 2.05) is 0 Å². The lowest BCUT2D eigenvalue weighted by molar-refractivity contribution is -0.121. The SMILES string of the molecule is COCCNC(=O)Cn1c(=O)[nH]c2ccsc2c1=O. The molecule has 0 saturated heterocycles. The van der Waals surface area contributed by atoms with E-state index >= 15 is 0 Å². The maximum Gasteiger partial charge on any atom is 0.329 e. The fourth-order valence-corrected chi connectivity index (χ4v) is 2.40. The number of aromatic nitrogens is 2. The van der Waals surface area contributed by atoms with Crippen LogP contribution in [-0.4, -0.2) is 35.7 Å². The van der Waals surface area contributed by atoms with Gasteiger partial charge in [0, 0.05) is 13.7 Å². The van der Waals surface area contributed by atoms with Crippen molar-refractivity contribution in [3.8, 4) is 0 Å². The van der Waals surface area contributed by atoms with Crippen molar-refractivity contribution in [3.05, 3.63) is 32.3 Å². The first-order valence-corrected chi connectivity index (χ1v) is 6.47. The van der Waals surface area contributed by atoms with Crippen LogP contribution in [0.3, 0.4) is 0 Å². The van der Waals surface area contributed by atoms with Crippen molar-refractivity contribution in [1.29, 1.82) is 0 Å². The lowest BCUT2D eigenvalue weighted by Crippen LogP contribution is -2.40. The molecule has 0 fully saturated rings. The van der Waals surface area contributed by atoms with Gasteiger partial charge in [-0.25, -0.2) is 9.36 Å². The van der Waals surface area contributed by atoms with Gasteiger partial charge < -0.3 is 15.0 Å². The predicted molar refractivity (Wildman–Crippen MR) is 71.6 cm³/mol. The lowest BCUT2D eigenvalue weighted by Gasteiger charge is -2.06. The molecule has 0 radical (unpaired) electrons. The summed E-state index contributed by atoms with van der Waals surface area (Å²) in [5.41, 5.74) is -0.538. The van der Waals surface area contributed by atoms with Crippen LogP contribution in [0, 0.1) is 0 Å². The zero-order valence-electron chi connectivity index (χ0n) is 10.3. The van der Waals surface area contributed by atoms with Gasteiger partial charge in [-0.2, -0.15) is 0 Å². The molecule has 0 aliphatic rings. The summed E-state index contributed by atoms with van der Waals surface area (Å²) in [6.45, 7) is 0.413. The van der Waals surface area contributed by atoms with E-state index in [0.717, 1.165) is 4.57 Å². The summed E-state index contributed by atoms with van der Waals surface area (Å²) in [6.07, 6.45) is 0. The average molecular weight is 283 g/mol. The molecule has 0 bridgehead atoms. The number of rotatable bonds is 5. The van der Waals surface area contributed by atoms with E-state index in [1.54, 1.807) is 11.4 Å². The molecule has 0 atom stereocenters. The Labute approximate surface area is 111 Å². The highest BCUT2D eigenvalue weighted by atomic mass is 32.1. The summed E-state index contributed by atoms with van der Waals surface area (Å²) in [5.74, 6) is -0.402. The summed E-state index contributed by atoms with van der Waals surface area (Å²) >= 11 is 1.23. The normalized spacial score (nSPS) is 10.8. The van der Waals surface area contributed by atoms with Crippen LogP contribution in [0.2, 0.25) is 0 Å². The van der Waals surface area contributed by atoms with Crippen LogP contribution in [0.1, 0.15) is 0 Å². The molecule has 2 N–H and O–H groups in total. The quantitative estimate of drug-likeness (QED) is 0.724. The highest BCUT2D eigenvalue weighted by Gasteiger charge is 2.11. The topological polar surface area (TPSA) is 93.2 Å². The number of thiophene rings is 1. The third-order valence-corrected chi connectivity index (χ3v) is 3.42. The molecular formula is C11H13N3O4S. The highest BCUT2D eigenvalue weighted by Crippen LogP contribution is 2.11. The maximum atomic E-state index is 12.0. The van der Waals surface area contributed by atoms with Crippen molar-refractivity contribution in [2.24, 2.45) is 0 Å².